The van der Waals surface area contributed by atoms with E-state index >= 15 is 0 Å². The van der Waals surface area contributed by atoms with Gasteiger partial charge in [-0.3, -0.25) is 4.99 Å². The predicted octanol–water partition coefficient (Wildman–Crippen LogP) is 2.59. The first-order valence-electron chi connectivity index (χ1n) is 9.39. The maximum absolute atomic E-state index is 5.79. The molecule has 1 atom stereocenters. The van der Waals surface area contributed by atoms with Crippen LogP contribution < -0.4 is 10.6 Å². The van der Waals surface area contributed by atoms with E-state index in [1.807, 2.05) is 18.2 Å². The van der Waals surface area contributed by atoms with Crippen LogP contribution in [0, 0.1) is 5.92 Å². The van der Waals surface area contributed by atoms with Crippen LogP contribution in [0.15, 0.2) is 35.3 Å². The Morgan fingerprint density at radius 3 is 2.59 bits per heavy atom. The number of methoxy groups -OCH3 is 1. The number of nitrogens with zero attached hydrogens (tertiary/aromatic N) is 2. The first kappa shape index (κ1) is 26.1. The lowest BCUT2D eigenvalue weighted by Crippen LogP contribution is -2.42. The highest BCUT2D eigenvalue weighted by molar-refractivity contribution is 14.0. The number of ether oxygens (including phenoxy) is 2. The second-order valence-corrected chi connectivity index (χ2v) is 6.64. The minimum Gasteiger partial charge on any atom is -0.385 e. The van der Waals surface area contributed by atoms with Crippen LogP contribution in [0.3, 0.4) is 0 Å². The summed E-state index contributed by atoms with van der Waals surface area (Å²) < 4.78 is 10.9. The third-order valence-corrected chi connectivity index (χ3v) is 4.03. The number of guanidine groups is 1. The van der Waals surface area contributed by atoms with E-state index in [9.17, 15) is 0 Å². The summed E-state index contributed by atoms with van der Waals surface area (Å²) in [6, 6.07) is 10.3. The minimum atomic E-state index is 0. The topological polar surface area (TPSA) is 58.1 Å². The molecule has 27 heavy (non-hydrogen) atoms. The highest BCUT2D eigenvalue weighted by Gasteiger charge is 2.05. The fourth-order valence-corrected chi connectivity index (χ4v) is 2.46. The molecule has 2 N–H and O–H groups in total. The van der Waals surface area contributed by atoms with E-state index in [1.54, 1.807) is 14.2 Å². The molecule has 1 unspecified atom stereocenters. The van der Waals surface area contributed by atoms with Gasteiger partial charge in [0, 0.05) is 46.9 Å². The van der Waals surface area contributed by atoms with Gasteiger partial charge in [0.1, 0.15) is 0 Å². The van der Waals surface area contributed by atoms with Gasteiger partial charge in [0.05, 0.1) is 13.2 Å². The first-order chi connectivity index (χ1) is 12.7. The third-order valence-electron chi connectivity index (χ3n) is 4.03. The number of hydrogen-bond donors (Lipinski definition) is 2. The van der Waals surface area contributed by atoms with Crippen molar-refractivity contribution in [1.82, 2.24) is 15.5 Å². The molecular formula is C20H37IN4O2. The zero-order chi connectivity index (χ0) is 19.0. The quantitative estimate of drug-likeness (QED) is 0.192. The van der Waals surface area contributed by atoms with Gasteiger partial charge in [-0.1, -0.05) is 37.3 Å². The van der Waals surface area contributed by atoms with Crippen LogP contribution in [0.25, 0.3) is 0 Å². The molecule has 6 nitrogen and oxygen atoms in total. The lowest BCUT2D eigenvalue weighted by Gasteiger charge is -2.19. The zero-order valence-corrected chi connectivity index (χ0v) is 19.6. The SMILES string of the molecule is CN=C(NCCN(C)CCCOC)NCC(C)COCc1ccccc1.I. The lowest BCUT2D eigenvalue weighted by atomic mass is 10.2. The van der Waals surface area contributed by atoms with Gasteiger partial charge in [-0.25, -0.2) is 0 Å². The van der Waals surface area contributed by atoms with Crippen molar-refractivity contribution in [3.05, 3.63) is 35.9 Å². The molecule has 0 amide bonds. The van der Waals surface area contributed by atoms with Crippen molar-refractivity contribution in [3.8, 4) is 0 Å². The van der Waals surface area contributed by atoms with Crippen molar-refractivity contribution in [3.63, 3.8) is 0 Å². The number of aliphatic imine (C=N–C) groups is 1. The second-order valence-electron chi connectivity index (χ2n) is 6.64. The van der Waals surface area contributed by atoms with Gasteiger partial charge in [0.2, 0.25) is 0 Å². The highest BCUT2D eigenvalue weighted by atomic mass is 127. The molecule has 0 saturated carbocycles. The van der Waals surface area contributed by atoms with Crippen molar-refractivity contribution >= 4 is 29.9 Å². The number of likely N-dealkylation sites (N-methyl/N-ethyl adjacent to an activating group) is 1. The third kappa shape index (κ3) is 13.8. The number of rotatable bonds is 13. The van der Waals surface area contributed by atoms with Crippen LogP contribution >= 0.6 is 24.0 Å². The molecule has 0 aromatic heterocycles. The molecule has 0 aliphatic carbocycles. The van der Waals surface area contributed by atoms with E-state index < -0.39 is 0 Å². The second kappa shape index (κ2) is 17.2. The van der Waals surface area contributed by atoms with E-state index in [1.165, 1.54) is 5.56 Å². The molecule has 0 aliphatic heterocycles. The van der Waals surface area contributed by atoms with E-state index in [0.717, 1.165) is 51.8 Å². The van der Waals surface area contributed by atoms with Crippen LogP contribution in [0.1, 0.15) is 18.9 Å². The van der Waals surface area contributed by atoms with Crippen molar-refractivity contribution in [2.75, 3.05) is 60.6 Å². The Bertz CT molecular complexity index is 488. The van der Waals surface area contributed by atoms with E-state index in [0.29, 0.717) is 12.5 Å². The fraction of sp³-hybridized carbons (Fsp3) is 0.650. The van der Waals surface area contributed by atoms with Gasteiger partial charge in [0.25, 0.3) is 0 Å². The van der Waals surface area contributed by atoms with Crippen molar-refractivity contribution < 1.29 is 9.47 Å². The van der Waals surface area contributed by atoms with Crippen molar-refractivity contribution in [1.29, 1.82) is 0 Å². The summed E-state index contributed by atoms with van der Waals surface area (Å²) in [5, 5.41) is 6.72. The van der Waals surface area contributed by atoms with Crippen LogP contribution in [-0.4, -0.2) is 71.5 Å². The Kier molecular flexibility index (Phi) is 16.6. The van der Waals surface area contributed by atoms with Gasteiger partial charge in [-0.2, -0.15) is 0 Å². The molecule has 156 valence electrons. The Morgan fingerprint density at radius 2 is 1.93 bits per heavy atom. The standard InChI is InChI=1S/C20H36N4O2.HI/c1-18(16-26-17-19-9-6-5-7-10-19)15-23-20(21-2)22-11-13-24(3)12-8-14-25-4;/h5-7,9-10,18H,8,11-17H2,1-4H3,(H2,21,22,23);1H. The smallest absolute Gasteiger partial charge is 0.191 e. The maximum atomic E-state index is 5.79. The molecule has 0 saturated heterocycles. The molecule has 0 heterocycles. The summed E-state index contributed by atoms with van der Waals surface area (Å²) in [7, 11) is 5.67. The van der Waals surface area contributed by atoms with Gasteiger partial charge < -0.3 is 25.0 Å². The highest BCUT2D eigenvalue weighted by Crippen LogP contribution is 2.02. The van der Waals surface area contributed by atoms with Crippen molar-refractivity contribution in [2.24, 2.45) is 10.9 Å². The summed E-state index contributed by atoms with van der Waals surface area (Å²) >= 11 is 0. The fourth-order valence-electron chi connectivity index (χ4n) is 2.46. The number of benzene rings is 1. The summed E-state index contributed by atoms with van der Waals surface area (Å²) in [5.41, 5.74) is 1.21. The first-order valence-corrected chi connectivity index (χ1v) is 9.39. The van der Waals surface area contributed by atoms with Crippen molar-refractivity contribution in [2.45, 2.75) is 20.0 Å². The predicted molar refractivity (Wildman–Crippen MR) is 124 cm³/mol. The molecular weight excluding hydrogens is 455 g/mol. The Balaban J connectivity index is 0.00000676. The number of nitrogens with one attached hydrogen (secondary N) is 2. The van der Waals surface area contributed by atoms with Crippen LogP contribution in [0.5, 0.6) is 0 Å². The van der Waals surface area contributed by atoms with E-state index in [-0.39, 0.29) is 24.0 Å². The largest absolute Gasteiger partial charge is 0.385 e. The average Bonchev–Trinajstić information content (AvgIpc) is 2.65. The van der Waals surface area contributed by atoms with Crippen LogP contribution in [0.4, 0.5) is 0 Å². The summed E-state index contributed by atoms with van der Waals surface area (Å²) in [6.07, 6.45) is 1.06. The molecule has 0 radical (unpaired) electrons. The molecule has 0 aliphatic rings. The van der Waals surface area contributed by atoms with Crippen LogP contribution in [0.2, 0.25) is 0 Å². The van der Waals surface area contributed by atoms with Gasteiger partial charge >= 0.3 is 0 Å². The molecule has 1 aromatic carbocycles. The lowest BCUT2D eigenvalue weighted by molar-refractivity contribution is 0.0931. The average molecular weight is 492 g/mol. The summed E-state index contributed by atoms with van der Waals surface area (Å²) in [6.45, 7) is 8.08. The molecule has 1 aromatic rings. The van der Waals surface area contributed by atoms with E-state index in [4.69, 9.17) is 9.47 Å². The minimum absolute atomic E-state index is 0. The summed E-state index contributed by atoms with van der Waals surface area (Å²) in [5.74, 6) is 1.25. The zero-order valence-electron chi connectivity index (χ0n) is 17.2. The monoisotopic (exact) mass is 492 g/mol. The van der Waals surface area contributed by atoms with Crippen LogP contribution in [-0.2, 0) is 16.1 Å². The Morgan fingerprint density at radius 1 is 1.19 bits per heavy atom. The normalized spacial score (nSPS) is 12.6. The number of halogens is 1. The maximum Gasteiger partial charge on any atom is 0.191 e. The molecule has 0 fully saturated rings. The molecule has 1 rings (SSSR count). The van der Waals surface area contributed by atoms with Gasteiger partial charge in [0.15, 0.2) is 5.96 Å². The Labute approximate surface area is 182 Å². The van der Waals surface area contributed by atoms with Gasteiger partial charge in [-0.05, 0) is 24.9 Å². The molecule has 0 spiro atoms. The van der Waals surface area contributed by atoms with Gasteiger partial charge in [-0.15, -0.1) is 24.0 Å². The molecule has 7 heteroatoms. The molecule has 0 bridgehead atoms. The number of hydrogen-bond acceptors (Lipinski definition) is 4. The Hall–Kier alpha value is -0.900. The summed E-state index contributed by atoms with van der Waals surface area (Å²) in [4.78, 5) is 6.57. The van der Waals surface area contributed by atoms with E-state index in [2.05, 4.69) is 46.6 Å².